The molecule has 3 aromatic rings. The summed E-state index contributed by atoms with van der Waals surface area (Å²) in [6, 6.07) is 10.4. The molecular weight excluding hydrogens is 345 g/mol. The van der Waals surface area contributed by atoms with Gasteiger partial charge in [0.25, 0.3) is 5.56 Å². The zero-order valence-electron chi connectivity index (χ0n) is 15.1. The topological polar surface area (TPSA) is 55.2 Å². The Morgan fingerprint density at radius 1 is 1.22 bits per heavy atom. The highest BCUT2D eigenvalue weighted by Gasteiger charge is 2.25. The molecule has 0 N–H and O–H groups in total. The summed E-state index contributed by atoms with van der Waals surface area (Å²) in [5.74, 6) is -0.558. The number of carbonyl (C=O) groups excluding carboxylic acids is 1. The maximum atomic E-state index is 14.3. The molecule has 0 fully saturated rings. The summed E-state index contributed by atoms with van der Waals surface area (Å²) in [4.78, 5) is 31.3. The normalized spacial score (nSPS) is 13.6. The third-order valence-corrected chi connectivity index (χ3v) is 5.09. The van der Waals surface area contributed by atoms with Gasteiger partial charge in [0.05, 0.1) is 22.9 Å². The minimum absolute atomic E-state index is 0.118. The Hall–Kier alpha value is -3.02. The molecule has 0 atom stereocenters. The van der Waals surface area contributed by atoms with Crippen LogP contribution in [0.25, 0.3) is 10.9 Å². The molecule has 1 aliphatic rings. The number of rotatable bonds is 3. The zero-order chi connectivity index (χ0) is 19.0. The van der Waals surface area contributed by atoms with Gasteiger partial charge in [0.1, 0.15) is 5.82 Å². The molecule has 0 saturated carbocycles. The van der Waals surface area contributed by atoms with Crippen LogP contribution in [0.2, 0.25) is 0 Å². The molecule has 1 amide bonds. The fraction of sp³-hybridized carbons (Fsp3) is 0.286. The van der Waals surface area contributed by atoms with E-state index < -0.39 is 0 Å². The Kier molecular flexibility index (Phi) is 4.48. The SMILES string of the molecule is Cc1cccc2c(=O)n(CCC(=O)N3CCCc4cccc(F)c43)cnc12. The van der Waals surface area contributed by atoms with Crippen molar-refractivity contribution in [2.24, 2.45) is 0 Å². The zero-order valence-corrected chi connectivity index (χ0v) is 15.1. The summed E-state index contributed by atoms with van der Waals surface area (Å²) >= 11 is 0. The third kappa shape index (κ3) is 3.12. The molecule has 2 heterocycles. The summed E-state index contributed by atoms with van der Waals surface area (Å²) < 4.78 is 15.7. The number of hydrogen-bond acceptors (Lipinski definition) is 3. The molecule has 6 heteroatoms. The van der Waals surface area contributed by atoms with Crippen LogP contribution < -0.4 is 10.5 Å². The van der Waals surface area contributed by atoms with Gasteiger partial charge in [0.15, 0.2) is 0 Å². The number of anilines is 1. The van der Waals surface area contributed by atoms with Gasteiger partial charge in [-0.2, -0.15) is 0 Å². The van der Waals surface area contributed by atoms with E-state index in [-0.39, 0.29) is 30.2 Å². The van der Waals surface area contributed by atoms with Crippen molar-refractivity contribution in [3.05, 3.63) is 70.0 Å². The average Bonchev–Trinajstić information content (AvgIpc) is 2.68. The molecule has 2 aromatic carbocycles. The predicted molar refractivity (Wildman–Crippen MR) is 102 cm³/mol. The smallest absolute Gasteiger partial charge is 0.261 e. The number of para-hydroxylation sites is 2. The highest BCUT2D eigenvalue weighted by molar-refractivity contribution is 5.94. The van der Waals surface area contributed by atoms with Gasteiger partial charge in [-0.3, -0.25) is 14.2 Å². The second kappa shape index (κ2) is 6.95. The van der Waals surface area contributed by atoms with E-state index >= 15 is 0 Å². The lowest BCUT2D eigenvalue weighted by atomic mass is 10.0. The minimum Gasteiger partial charge on any atom is -0.309 e. The van der Waals surface area contributed by atoms with Crippen LogP contribution in [0.5, 0.6) is 0 Å². The molecule has 1 aromatic heterocycles. The predicted octanol–water partition coefficient (Wildman–Crippen LogP) is 3.21. The minimum atomic E-state index is -0.374. The number of aromatic nitrogens is 2. The molecule has 138 valence electrons. The molecule has 4 rings (SSSR count). The maximum absolute atomic E-state index is 14.3. The van der Waals surface area contributed by atoms with Gasteiger partial charge in [-0.05, 0) is 43.0 Å². The Morgan fingerprint density at radius 2 is 2.04 bits per heavy atom. The number of nitrogens with zero attached hydrogens (tertiary/aromatic N) is 3. The van der Waals surface area contributed by atoms with E-state index in [1.54, 1.807) is 12.1 Å². The summed E-state index contributed by atoms with van der Waals surface area (Å²) in [6.07, 6.45) is 3.17. The van der Waals surface area contributed by atoms with E-state index in [4.69, 9.17) is 0 Å². The van der Waals surface area contributed by atoms with Crippen molar-refractivity contribution >= 4 is 22.5 Å². The second-order valence-electron chi connectivity index (χ2n) is 6.86. The molecule has 27 heavy (non-hydrogen) atoms. The molecule has 0 aliphatic carbocycles. The summed E-state index contributed by atoms with van der Waals surface area (Å²) in [5.41, 5.74) is 2.69. The average molecular weight is 365 g/mol. The van der Waals surface area contributed by atoms with E-state index in [0.717, 1.165) is 24.0 Å². The first-order chi connectivity index (χ1) is 13.1. The summed E-state index contributed by atoms with van der Waals surface area (Å²) in [6.45, 7) is 2.62. The van der Waals surface area contributed by atoms with E-state index in [2.05, 4.69) is 4.98 Å². The van der Waals surface area contributed by atoms with Crippen LogP contribution in [0.1, 0.15) is 24.0 Å². The molecule has 5 nitrogen and oxygen atoms in total. The van der Waals surface area contributed by atoms with Gasteiger partial charge in [-0.15, -0.1) is 0 Å². The highest BCUT2D eigenvalue weighted by Crippen LogP contribution is 2.30. The fourth-order valence-corrected chi connectivity index (χ4v) is 3.70. The van der Waals surface area contributed by atoms with Crippen LogP contribution in [0.4, 0.5) is 10.1 Å². The van der Waals surface area contributed by atoms with Crippen molar-refractivity contribution in [1.82, 2.24) is 9.55 Å². The van der Waals surface area contributed by atoms with E-state index in [1.807, 2.05) is 25.1 Å². The fourth-order valence-electron chi connectivity index (χ4n) is 3.70. The number of carbonyl (C=O) groups is 1. The lowest BCUT2D eigenvalue weighted by molar-refractivity contribution is -0.119. The summed E-state index contributed by atoms with van der Waals surface area (Å²) in [7, 11) is 0. The lowest BCUT2D eigenvalue weighted by Crippen LogP contribution is -2.37. The first-order valence-electron chi connectivity index (χ1n) is 9.09. The first-order valence-corrected chi connectivity index (χ1v) is 9.09. The van der Waals surface area contributed by atoms with Gasteiger partial charge >= 0.3 is 0 Å². The Morgan fingerprint density at radius 3 is 2.89 bits per heavy atom. The maximum Gasteiger partial charge on any atom is 0.261 e. The number of hydrogen-bond donors (Lipinski definition) is 0. The molecular formula is C21H20FN3O2. The first kappa shape index (κ1) is 17.4. The lowest BCUT2D eigenvalue weighted by Gasteiger charge is -2.30. The van der Waals surface area contributed by atoms with Crippen molar-refractivity contribution in [3.8, 4) is 0 Å². The third-order valence-electron chi connectivity index (χ3n) is 5.09. The quantitative estimate of drug-likeness (QED) is 0.716. The monoisotopic (exact) mass is 365 g/mol. The number of halogens is 1. The van der Waals surface area contributed by atoms with Gasteiger partial charge in [-0.1, -0.05) is 24.3 Å². The van der Waals surface area contributed by atoms with Crippen LogP contribution in [0.15, 0.2) is 47.5 Å². The number of benzene rings is 2. The largest absolute Gasteiger partial charge is 0.309 e. The van der Waals surface area contributed by atoms with Crippen LogP contribution in [0.3, 0.4) is 0 Å². The number of amides is 1. The molecule has 0 unspecified atom stereocenters. The van der Waals surface area contributed by atoms with Gasteiger partial charge < -0.3 is 4.90 Å². The van der Waals surface area contributed by atoms with Crippen LogP contribution in [-0.2, 0) is 17.8 Å². The molecule has 0 bridgehead atoms. The van der Waals surface area contributed by atoms with Crippen molar-refractivity contribution in [2.75, 3.05) is 11.4 Å². The van der Waals surface area contributed by atoms with Gasteiger partial charge in [0, 0.05) is 19.5 Å². The molecule has 1 aliphatic heterocycles. The van der Waals surface area contributed by atoms with E-state index in [1.165, 1.54) is 21.9 Å². The molecule has 0 radical (unpaired) electrons. The number of fused-ring (bicyclic) bond motifs is 2. The molecule has 0 saturated heterocycles. The van der Waals surface area contributed by atoms with Crippen LogP contribution in [-0.4, -0.2) is 22.0 Å². The highest BCUT2D eigenvalue weighted by atomic mass is 19.1. The standard InChI is InChI=1S/C21H20FN3O2/c1-14-5-2-8-16-19(14)23-13-24(21(16)27)12-10-18(26)25-11-4-7-15-6-3-9-17(22)20(15)25/h2-3,5-6,8-9,13H,4,7,10-12H2,1H3. The van der Waals surface area contributed by atoms with Crippen molar-refractivity contribution < 1.29 is 9.18 Å². The van der Waals surface area contributed by atoms with Crippen LogP contribution >= 0.6 is 0 Å². The van der Waals surface area contributed by atoms with E-state index in [0.29, 0.717) is 23.1 Å². The van der Waals surface area contributed by atoms with Gasteiger partial charge in [-0.25, -0.2) is 9.37 Å². The Labute approximate surface area is 156 Å². The molecule has 0 spiro atoms. The second-order valence-corrected chi connectivity index (χ2v) is 6.86. The Balaban J connectivity index is 1.57. The van der Waals surface area contributed by atoms with Crippen molar-refractivity contribution in [2.45, 2.75) is 32.7 Å². The van der Waals surface area contributed by atoms with Gasteiger partial charge in [0.2, 0.25) is 5.91 Å². The summed E-state index contributed by atoms with van der Waals surface area (Å²) in [5, 5.41) is 0.541. The Bertz CT molecular complexity index is 1090. The van der Waals surface area contributed by atoms with E-state index in [9.17, 15) is 14.0 Å². The van der Waals surface area contributed by atoms with Crippen molar-refractivity contribution in [3.63, 3.8) is 0 Å². The number of aryl methyl sites for hydroxylation is 3. The van der Waals surface area contributed by atoms with Crippen LogP contribution in [0, 0.1) is 12.7 Å². The van der Waals surface area contributed by atoms with Crippen molar-refractivity contribution in [1.29, 1.82) is 0 Å².